The third kappa shape index (κ3) is 5.89. The zero-order valence-corrected chi connectivity index (χ0v) is 14.8. The van der Waals surface area contributed by atoms with E-state index in [0.717, 1.165) is 5.52 Å². The molecule has 2 rings (SSSR count). The Morgan fingerprint density at radius 2 is 1.67 bits per heavy atom. The maximum absolute atomic E-state index is 11.3. The Kier molecular flexibility index (Phi) is 12.0. The number of aromatic nitrogens is 4. The summed E-state index contributed by atoms with van der Waals surface area (Å²) >= 11 is 0. The molecule has 0 saturated heterocycles. The number of aromatic amines is 2. The number of imidazole rings is 1. The fourth-order valence-corrected chi connectivity index (χ4v) is 1.36. The second kappa shape index (κ2) is 11.8. The smallest absolute Gasteiger partial charge is 0.297 e. The number of anilines is 1. The maximum atomic E-state index is 11.3. The molecule has 2 aromatic heterocycles. The van der Waals surface area contributed by atoms with Crippen molar-refractivity contribution >= 4 is 22.9 Å². The summed E-state index contributed by atoms with van der Waals surface area (Å²) in [6, 6.07) is 0. The third-order valence-electron chi connectivity index (χ3n) is 2.22. The van der Waals surface area contributed by atoms with Crippen molar-refractivity contribution in [1.29, 1.82) is 0 Å². The van der Waals surface area contributed by atoms with Crippen molar-refractivity contribution in [2.75, 3.05) is 11.9 Å². The number of nitrogens with zero attached hydrogens (tertiary/aromatic N) is 3. The van der Waals surface area contributed by atoms with Gasteiger partial charge in [0.15, 0.2) is 12.1 Å². The van der Waals surface area contributed by atoms with E-state index in [1.807, 2.05) is 41.5 Å². The molecule has 0 spiro atoms. The molecule has 0 aromatic carbocycles. The molecule has 2 N–H and O–H groups in total. The van der Waals surface area contributed by atoms with Gasteiger partial charge in [-0.15, -0.1) is 0 Å². The van der Waals surface area contributed by atoms with Gasteiger partial charge >= 0.3 is 5.65 Å². The van der Waals surface area contributed by atoms with Gasteiger partial charge in [-0.05, 0) is 0 Å². The standard InChI is InChI=1S/C9H11N5O.3C2H6/c1-5-12-8-7(10-4-11-8)9(13-5)14(3)6(2)15;3*1-2/h4H,1-3H3,(H,10,11,12,13);3*1-2H3/p+1. The highest BCUT2D eigenvalue weighted by molar-refractivity contribution is 5.96. The van der Waals surface area contributed by atoms with Gasteiger partial charge in [-0.25, -0.2) is 4.98 Å². The number of amides is 1. The van der Waals surface area contributed by atoms with Crippen molar-refractivity contribution in [3.8, 4) is 0 Å². The van der Waals surface area contributed by atoms with Crippen molar-refractivity contribution in [3.05, 3.63) is 12.2 Å². The molecule has 21 heavy (non-hydrogen) atoms. The van der Waals surface area contributed by atoms with Crippen molar-refractivity contribution in [2.45, 2.75) is 55.4 Å². The minimum atomic E-state index is -0.0657. The van der Waals surface area contributed by atoms with E-state index in [1.54, 1.807) is 20.3 Å². The Balaban J connectivity index is 0. The fourth-order valence-electron chi connectivity index (χ4n) is 1.36. The number of hydrogen-bond acceptors (Lipinski definition) is 3. The summed E-state index contributed by atoms with van der Waals surface area (Å²) in [5, 5.41) is 0. The monoisotopic (exact) mass is 296 g/mol. The molecule has 0 aliphatic rings. The van der Waals surface area contributed by atoms with Crippen LogP contribution < -0.4 is 9.88 Å². The second-order valence-electron chi connectivity index (χ2n) is 3.33. The topological polar surface area (TPSA) is 76.0 Å². The number of rotatable bonds is 1. The minimum absolute atomic E-state index is 0.0657. The number of carbonyl (C=O) groups excluding carboxylic acids is 1. The first-order valence-corrected chi connectivity index (χ1v) is 7.57. The van der Waals surface area contributed by atoms with Crippen LogP contribution in [-0.2, 0) is 4.79 Å². The van der Waals surface area contributed by atoms with E-state index in [1.165, 1.54) is 11.8 Å². The predicted octanol–water partition coefficient (Wildman–Crippen LogP) is 3.14. The van der Waals surface area contributed by atoms with Crippen LogP contribution in [0.2, 0.25) is 0 Å². The highest BCUT2D eigenvalue weighted by Crippen LogP contribution is 2.17. The SMILES string of the molecule is CC.CC.CC.CC(=O)N(C)c1nc(C)nc2[nH+]c[nH]c12. The Morgan fingerprint density at radius 1 is 1.14 bits per heavy atom. The largest absolute Gasteiger partial charge is 0.305 e. The number of carbonyl (C=O) groups is 1. The molecule has 0 unspecified atom stereocenters. The molecule has 0 radical (unpaired) electrons. The number of H-pyrrole nitrogens is 2. The lowest BCUT2D eigenvalue weighted by molar-refractivity contribution is -0.347. The number of hydrogen-bond donors (Lipinski definition) is 1. The number of nitrogens with one attached hydrogen (secondary N) is 2. The van der Waals surface area contributed by atoms with Gasteiger partial charge in [0.25, 0.3) is 0 Å². The van der Waals surface area contributed by atoms with Crippen LogP contribution in [-0.4, -0.2) is 27.9 Å². The van der Waals surface area contributed by atoms with Gasteiger partial charge in [0.05, 0.1) is 0 Å². The summed E-state index contributed by atoms with van der Waals surface area (Å²) in [6.45, 7) is 15.3. The van der Waals surface area contributed by atoms with E-state index >= 15 is 0 Å². The summed E-state index contributed by atoms with van der Waals surface area (Å²) in [5.74, 6) is 1.15. The van der Waals surface area contributed by atoms with Crippen LogP contribution in [0.4, 0.5) is 5.82 Å². The van der Waals surface area contributed by atoms with Crippen LogP contribution >= 0.6 is 0 Å². The summed E-state index contributed by atoms with van der Waals surface area (Å²) in [5.41, 5.74) is 1.43. The van der Waals surface area contributed by atoms with Crippen molar-refractivity contribution in [1.82, 2.24) is 15.0 Å². The van der Waals surface area contributed by atoms with Crippen LogP contribution in [0.15, 0.2) is 6.33 Å². The molecular weight excluding hydrogens is 266 g/mol. The summed E-state index contributed by atoms with van der Waals surface area (Å²) in [7, 11) is 1.68. The van der Waals surface area contributed by atoms with Crippen LogP contribution in [0.5, 0.6) is 0 Å². The minimum Gasteiger partial charge on any atom is -0.297 e. The summed E-state index contributed by atoms with van der Waals surface area (Å²) in [4.78, 5) is 27.1. The zero-order chi connectivity index (χ0) is 17.0. The molecule has 0 aliphatic heterocycles. The molecule has 0 atom stereocenters. The average molecular weight is 296 g/mol. The molecule has 1 amide bonds. The Hall–Kier alpha value is -1.98. The van der Waals surface area contributed by atoms with Crippen molar-refractivity contribution in [3.63, 3.8) is 0 Å². The van der Waals surface area contributed by atoms with E-state index < -0.39 is 0 Å². The zero-order valence-electron chi connectivity index (χ0n) is 14.8. The molecule has 0 saturated carbocycles. The van der Waals surface area contributed by atoms with Gasteiger partial charge in [-0.2, -0.15) is 4.98 Å². The molecule has 6 heteroatoms. The molecule has 2 aromatic rings. The first kappa shape index (κ1) is 21.3. The molecule has 120 valence electrons. The van der Waals surface area contributed by atoms with Gasteiger partial charge in [0.1, 0.15) is 0 Å². The van der Waals surface area contributed by atoms with E-state index in [9.17, 15) is 4.79 Å². The van der Waals surface area contributed by atoms with E-state index in [0.29, 0.717) is 17.3 Å². The number of aryl methyl sites for hydroxylation is 1. The third-order valence-corrected chi connectivity index (χ3v) is 2.22. The summed E-state index contributed by atoms with van der Waals surface area (Å²) in [6.07, 6.45) is 1.66. The van der Waals surface area contributed by atoms with Gasteiger partial charge in [0, 0.05) is 20.9 Å². The van der Waals surface area contributed by atoms with Crippen LogP contribution in [0.25, 0.3) is 11.2 Å². The van der Waals surface area contributed by atoms with Crippen LogP contribution in [0.1, 0.15) is 54.3 Å². The molecule has 0 fully saturated rings. The molecule has 0 bridgehead atoms. The first-order valence-electron chi connectivity index (χ1n) is 7.57. The first-order chi connectivity index (χ1) is 10.1. The van der Waals surface area contributed by atoms with Crippen molar-refractivity contribution in [2.24, 2.45) is 0 Å². The lowest BCUT2D eigenvalue weighted by atomic mass is 10.4. The highest BCUT2D eigenvalue weighted by Gasteiger charge is 2.18. The maximum Gasteiger partial charge on any atom is 0.305 e. The van der Waals surface area contributed by atoms with Gasteiger partial charge < -0.3 is 0 Å². The predicted molar refractivity (Wildman–Crippen MR) is 88.3 cm³/mol. The van der Waals surface area contributed by atoms with Gasteiger partial charge in [-0.3, -0.25) is 14.7 Å². The highest BCUT2D eigenvalue weighted by atomic mass is 16.2. The van der Waals surface area contributed by atoms with E-state index in [-0.39, 0.29) is 5.91 Å². The Morgan fingerprint density at radius 3 is 2.14 bits per heavy atom. The van der Waals surface area contributed by atoms with E-state index in [4.69, 9.17) is 0 Å². The van der Waals surface area contributed by atoms with Crippen LogP contribution in [0, 0.1) is 6.92 Å². The van der Waals surface area contributed by atoms with E-state index in [2.05, 4.69) is 19.9 Å². The number of fused-ring (bicyclic) bond motifs is 1. The Bertz CT molecular complexity index is 522. The lowest BCUT2D eigenvalue weighted by Crippen LogP contribution is -2.24. The average Bonchev–Trinajstić information content (AvgIpc) is 2.99. The van der Waals surface area contributed by atoms with Gasteiger partial charge in [-0.1, -0.05) is 46.5 Å². The van der Waals surface area contributed by atoms with Crippen molar-refractivity contribution < 1.29 is 9.78 Å². The van der Waals surface area contributed by atoms with Crippen LogP contribution in [0.3, 0.4) is 0 Å². The lowest BCUT2D eigenvalue weighted by Gasteiger charge is -2.12. The summed E-state index contributed by atoms with van der Waals surface area (Å²) < 4.78 is 0. The molecule has 6 nitrogen and oxygen atoms in total. The molecule has 2 heterocycles. The molecule has 0 aliphatic carbocycles. The second-order valence-corrected chi connectivity index (χ2v) is 3.33. The van der Waals surface area contributed by atoms with Gasteiger partial charge in [0.2, 0.25) is 17.2 Å². The Labute approximate surface area is 128 Å². The molecular formula is C15H30N5O+. The fraction of sp³-hybridized carbons (Fsp3) is 0.600. The quantitative estimate of drug-likeness (QED) is 0.878. The normalized spacial score (nSPS) is 8.43.